The van der Waals surface area contributed by atoms with Crippen LogP contribution in [0.1, 0.15) is 47.0 Å². The van der Waals surface area contributed by atoms with Crippen molar-refractivity contribution < 1.29 is 24.2 Å². The number of likely N-dealkylation sites (tertiary alicyclic amines) is 1. The third-order valence-electron chi connectivity index (χ3n) is 9.51. The Hall–Kier alpha value is -2.30. The molecule has 2 amide bonds. The third kappa shape index (κ3) is 5.91. The van der Waals surface area contributed by atoms with Gasteiger partial charge in [0.2, 0.25) is 5.91 Å². The van der Waals surface area contributed by atoms with Crippen LogP contribution >= 0.6 is 27.7 Å². The van der Waals surface area contributed by atoms with E-state index in [1.807, 2.05) is 38.1 Å². The van der Waals surface area contributed by atoms with E-state index in [-0.39, 0.29) is 47.6 Å². The summed E-state index contributed by atoms with van der Waals surface area (Å²) in [6.45, 7) is 17.8. The molecular weight excluding hydrogens is 630 g/mol. The zero-order chi connectivity index (χ0) is 31.5. The van der Waals surface area contributed by atoms with Gasteiger partial charge in [0.25, 0.3) is 5.91 Å². The van der Waals surface area contributed by atoms with Gasteiger partial charge in [-0.15, -0.1) is 24.9 Å². The molecule has 43 heavy (non-hydrogen) atoms. The lowest BCUT2D eigenvalue weighted by molar-refractivity contribution is -0.154. The second-order valence-electron chi connectivity index (χ2n) is 11.7. The van der Waals surface area contributed by atoms with Gasteiger partial charge in [0.1, 0.15) is 6.04 Å². The minimum Gasteiger partial charge on any atom is -0.465 e. The molecule has 1 aromatic carbocycles. The first-order chi connectivity index (χ1) is 20.6. The summed E-state index contributed by atoms with van der Waals surface area (Å²) in [6, 6.07) is 6.48. The Balaban J connectivity index is 1.80. The second kappa shape index (κ2) is 14.2. The predicted octanol–water partition coefficient (Wildman–Crippen LogP) is 5.04. The Morgan fingerprint density at radius 1 is 1.19 bits per heavy atom. The number of alkyl halides is 1. The maximum absolute atomic E-state index is 14.9. The average Bonchev–Trinajstić information content (AvgIpc) is 3.60. The molecule has 3 unspecified atom stereocenters. The number of carbonyl (C=O) groups is 3. The summed E-state index contributed by atoms with van der Waals surface area (Å²) in [5.74, 6) is -2.32. The van der Waals surface area contributed by atoms with Gasteiger partial charge in [-0.2, -0.15) is 0 Å². The number of halogens is 1. The maximum Gasteiger partial charge on any atom is 0.310 e. The van der Waals surface area contributed by atoms with Crippen LogP contribution in [0.15, 0.2) is 49.6 Å². The van der Waals surface area contributed by atoms with E-state index < -0.39 is 34.6 Å². The monoisotopic (exact) mass is 675 g/mol. The number of carbonyl (C=O) groups excluding carboxylic acids is 3. The van der Waals surface area contributed by atoms with Crippen molar-refractivity contribution in [1.82, 2.24) is 4.90 Å². The quantitative estimate of drug-likeness (QED) is 0.121. The van der Waals surface area contributed by atoms with Gasteiger partial charge in [-0.1, -0.05) is 48.4 Å². The third-order valence-corrected chi connectivity index (χ3v) is 12.7. The minimum atomic E-state index is -0.861. The van der Waals surface area contributed by atoms with Crippen molar-refractivity contribution in [3.05, 3.63) is 49.6 Å². The van der Waals surface area contributed by atoms with E-state index in [9.17, 15) is 19.5 Å². The number of hydrogen-bond donors (Lipinski definition) is 1. The highest BCUT2D eigenvalue weighted by atomic mass is 79.9. The van der Waals surface area contributed by atoms with Crippen LogP contribution in [0.4, 0.5) is 11.4 Å². The van der Waals surface area contributed by atoms with Gasteiger partial charge in [-0.25, -0.2) is 0 Å². The average molecular weight is 677 g/mol. The number of rotatable bonds is 15. The summed E-state index contributed by atoms with van der Waals surface area (Å²) < 4.78 is 4.80. The van der Waals surface area contributed by atoms with Crippen molar-refractivity contribution in [3.8, 4) is 0 Å². The van der Waals surface area contributed by atoms with Gasteiger partial charge in [-0.3, -0.25) is 14.4 Å². The zero-order valence-corrected chi connectivity index (χ0v) is 28.2. The van der Waals surface area contributed by atoms with Crippen LogP contribution in [0.5, 0.6) is 0 Å². The van der Waals surface area contributed by atoms with Crippen molar-refractivity contribution in [2.24, 2.45) is 17.8 Å². The van der Waals surface area contributed by atoms with Gasteiger partial charge >= 0.3 is 5.97 Å². The lowest BCUT2D eigenvalue weighted by atomic mass is 9.71. The molecule has 1 aromatic rings. The molecule has 236 valence electrons. The number of ether oxygens (including phenoxy) is 1. The molecule has 1 spiro atoms. The first-order valence-electron chi connectivity index (χ1n) is 15.4. The predicted molar refractivity (Wildman–Crippen MR) is 178 cm³/mol. The number of esters is 1. The fourth-order valence-electron chi connectivity index (χ4n) is 7.16. The molecule has 10 heteroatoms. The fourth-order valence-corrected chi connectivity index (χ4v) is 10.7. The minimum absolute atomic E-state index is 0.0550. The van der Waals surface area contributed by atoms with E-state index in [0.717, 1.165) is 25.2 Å². The zero-order valence-electron chi connectivity index (χ0n) is 25.8. The van der Waals surface area contributed by atoms with E-state index in [1.54, 1.807) is 33.7 Å². The number of benzene rings is 1. The van der Waals surface area contributed by atoms with Gasteiger partial charge in [0.05, 0.1) is 35.8 Å². The van der Waals surface area contributed by atoms with E-state index in [0.29, 0.717) is 18.5 Å². The van der Waals surface area contributed by atoms with E-state index in [4.69, 9.17) is 4.74 Å². The molecule has 3 heterocycles. The molecule has 0 saturated carbocycles. The van der Waals surface area contributed by atoms with Gasteiger partial charge < -0.3 is 24.5 Å². The number of anilines is 2. The molecule has 3 saturated heterocycles. The summed E-state index contributed by atoms with van der Waals surface area (Å²) in [5, 5.41) is 10.4. The summed E-state index contributed by atoms with van der Waals surface area (Å²) in [7, 11) is 0. The molecule has 2 bridgehead atoms. The number of thioether (sulfide) groups is 1. The molecule has 3 aliphatic heterocycles. The molecule has 0 aliphatic carbocycles. The standard InChI is InChI=1S/C33H46BrN3O5S/c1-7-12-18-42-32(41)26-27-30(39)37(25(20-38)21(6)9-3)29(33(27)19-24(34)28(26)43-33)31(40)36(17-8-2)23-15-13-22(14-16-23)35(10-4)11-5/h7-8,13-16,21,24-29,38H,1-2,9-12,17-20H2,3-6H3/t21-,24?,25-,26-,27-,28-,29?,33?/m0/s1. The number of aliphatic hydroxyl groups excluding tert-OH is 1. The largest absolute Gasteiger partial charge is 0.465 e. The normalized spacial score (nSPS) is 28.7. The van der Waals surface area contributed by atoms with Crippen LogP contribution < -0.4 is 9.80 Å². The van der Waals surface area contributed by atoms with E-state index >= 15 is 0 Å². The lowest BCUT2D eigenvalue weighted by Crippen LogP contribution is -2.59. The van der Waals surface area contributed by atoms with Crippen molar-refractivity contribution in [2.45, 2.75) is 73.9 Å². The first kappa shape index (κ1) is 33.6. The Morgan fingerprint density at radius 3 is 2.40 bits per heavy atom. The van der Waals surface area contributed by atoms with Crippen molar-refractivity contribution in [2.75, 3.05) is 42.6 Å². The Bertz CT molecular complexity index is 1190. The molecule has 8 atom stereocenters. The lowest BCUT2D eigenvalue weighted by Gasteiger charge is -2.41. The van der Waals surface area contributed by atoms with Crippen molar-refractivity contribution in [1.29, 1.82) is 0 Å². The molecule has 3 aliphatic rings. The summed E-state index contributed by atoms with van der Waals surface area (Å²) in [5.41, 5.74) is 1.78. The molecule has 3 fully saturated rings. The fraction of sp³-hybridized carbons (Fsp3) is 0.606. The topological polar surface area (TPSA) is 90.4 Å². The number of aliphatic hydroxyl groups is 1. The van der Waals surface area contributed by atoms with E-state index in [2.05, 4.69) is 47.8 Å². The molecule has 4 rings (SSSR count). The molecule has 0 radical (unpaired) electrons. The highest BCUT2D eigenvalue weighted by Gasteiger charge is 2.77. The van der Waals surface area contributed by atoms with Gasteiger partial charge in [0, 0.05) is 41.1 Å². The van der Waals surface area contributed by atoms with E-state index in [1.165, 1.54) is 0 Å². The maximum atomic E-state index is 14.9. The summed E-state index contributed by atoms with van der Waals surface area (Å²) >= 11 is 5.38. The summed E-state index contributed by atoms with van der Waals surface area (Å²) in [4.78, 5) is 48.5. The smallest absolute Gasteiger partial charge is 0.310 e. The number of nitrogens with zero attached hydrogens (tertiary/aromatic N) is 3. The van der Waals surface area contributed by atoms with Crippen LogP contribution in [0.2, 0.25) is 0 Å². The first-order valence-corrected chi connectivity index (χ1v) is 17.2. The highest BCUT2D eigenvalue weighted by Crippen LogP contribution is 2.68. The molecule has 8 nitrogen and oxygen atoms in total. The van der Waals surface area contributed by atoms with Crippen LogP contribution in [0.3, 0.4) is 0 Å². The van der Waals surface area contributed by atoms with Crippen LogP contribution in [0, 0.1) is 17.8 Å². The molecule has 0 aromatic heterocycles. The van der Waals surface area contributed by atoms with Crippen LogP contribution in [-0.2, 0) is 19.1 Å². The number of amides is 2. The van der Waals surface area contributed by atoms with Gasteiger partial charge in [0.15, 0.2) is 0 Å². The Labute approximate surface area is 269 Å². The second-order valence-corrected chi connectivity index (χ2v) is 14.4. The summed E-state index contributed by atoms with van der Waals surface area (Å²) in [6.07, 6.45) is 5.19. The van der Waals surface area contributed by atoms with Gasteiger partial charge in [-0.05, 0) is 56.9 Å². The van der Waals surface area contributed by atoms with Crippen molar-refractivity contribution in [3.63, 3.8) is 0 Å². The molecule has 1 N–H and O–H groups in total. The number of fused-ring (bicyclic) bond motifs is 1. The SMILES string of the molecule is C=CCCOC(=O)[C@H]1[C@H]2C(=O)N([C@@H](CO)[C@@H](C)CC)C(C(=O)N(CC=C)c3ccc(N(CC)CC)cc3)C23CC(Br)[C@@H]1S3. The van der Waals surface area contributed by atoms with Crippen molar-refractivity contribution >= 4 is 56.9 Å². The molecular formula is C33H46BrN3O5S. The van der Waals surface area contributed by atoms with Crippen LogP contribution in [-0.4, -0.2) is 87.5 Å². The number of hydrogen-bond acceptors (Lipinski definition) is 7. The Morgan fingerprint density at radius 2 is 1.84 bits per heavy atom. The Kier molecular flexibility index (Phi) is 11.1. The highest BCUT2D eigenvalue weighted by molar-refractivity contribution is 9.09. The van der Waals surface area contributed by atoms with Crippen LogP contribution in [0.25, 0.3) is 0 Å².